The van der Waals surface area contributed by atoms with Crippen molar-refractivity contribution in [3.63, 3.8) is 0 Å². The average molecular weight is 1050 g/mol. The number of alkyl carbamates (subject to hydrolysis) is 2. The lowest BCUT2D eigenvalue weighted by molar-refractivity contribution is -0.133. The third-order valence-electron chi connectivity index (χ3n) is 12.8. The van der Waals surface area contributed by atoms with E-state index in [0.29, 0.717) is 52.7 Å². The van der Waals surface area contributed by atoms with E-state index in [1.165, 1.54) is 11.0 Å². The van der Waals surface area contributed by atoms with Gasteiger partial charge in [-0.2, -0.15) is 0 Å². The van der Waals surface area contributed by atoms with E-state index in [4.69, 9.17) is 23.7 Å². The molecule has 19 nitrogen and oxygen atoms in total. The predicted octanol–water partition coefficient (Wildman–Crippen LogP) is 8.80. The van der Waals surface area contributed by atoms with Crippen LogP contribution in [0.25, 0.3) is 0 Å². The molecule has 3 aliphatic heterocycles. The fourth-order valence-electron chi connectivity index (χ4n) is 9.06. The average Bonchev–Trinajstić information content (AvgIpc) is 3.37. The zero-order valence-corrected chi connectivity index (χ0v) is 45.4. The quantitative estimate of drug-likeness (QED) is 0.101. The third kappa shape index (κ3) is 14.5. The van der Waals surface area contributed by atoms with Crippen molar-refractivity contribution < 1.29 is 62.4 Å². The summed E-state index contributed by atoms with van der Waals surface area (Å²) < 4.78 is 28.0. The summed E-state index contributed by atoms with van der Waals surface area (Å²) in [5.41, 5.74) is 1.46. The molecule has 0 unspecified atom stereocenters. The number of carbonyl (C=O) groups is 7. The Kier molecular flexibility index (Phi) is 18.3. The number of likely N-dealkylation sites (tertiary alicyclic amines) is 1. The van der Waals surface area contributed by atoms with Crippen LogP contribution in [0.4, 0.5) is 25.8 Å². The van der Waals surface area contributed by atoms with Gasteiger partial charge in [0.25, 0.3) is 17.7 Å². The maximum Gasteiger partial charge on any atom is 0.410 e. The van der Waals surface area contributed by atoms with Crippen LogP contribution in [-0.4, -0.2) is 125 Å². The van der Waals surface area contributed by atoms with Gasteiger partial charge in [-0.25, -0.2) is 19.2 Å². The number of carboxylic acid groups (broad SMARTS) is 1. The number of hydrogen-bond acceptors (Lipinski definition) is 12. The van der Waals surface area contributed by atoms with E-state index >= 15 is 0 Å². The Morgan fingerprint density at radius 1 is 0.724 bits per heavy atom. The number of piperidine rings is 1. The van der Waals surface area contributed by atoms with E-state index in [1.54, 1.807) is 62.6 Å². The maximum atomic E-state index is 14.3. The minimum atomic E-state index is -1.14. The summed E-state index contributed by atoms with van der Waals surface area (Å²) in [6.07, 6.45) is -0.0836. The molecule has 0 saturated carbocycles. The number of carboxylic acids is 1. The van der Waals surface area contributed by atoms with Gasteiger partial charge in [0.1, 0.15) is 30.3 Å². The molecule has 1 fully saturated rings. The minimum absolute atomic E-state index is 0.0880. The lowest BCUT2D eigenvalue weighted by atomic mass is 9.97. The van der Waals surface area contributed by atoms with Gasteiger partial charge < -0.3 is 59.0 Å². The molecule has 408 valence electrons. The van der Waals surface area contributed by atoms with Crippen molar-refractivity contribution in [2.75, 3.05) is 49.1 Å². The SMILES string of the molecule is Cc1cc2c(cc1C(=O)N(C(C)C)[C@@H]1CCCN(C(=O)OC(C)(C)C)C1)N(CCNC(=O)OCc1ccccc1)C(=O)C(C)(C)O2.Cc1cc2c(cc1C(=O)O)N(CCNC(=O)OCc1ccccc1)C(=O)C(C)(C)O2. The smallest absolute Gasteiger partial charge is 0.410 e. The van der Waals surface area contributed by atoms with Gasteiger partial charge in [-0.3, -0.25) is 14.4 Å². The highest BCUT2D eigenvalue weighted by Gasteiger charge is 2.43. The second kappa shape index (κ2) is 24.2. The van der Waals surface area contributed by atoms with E-state index < -0.39 is 35.0 Å². The molecule has 1 atom stereocenters. The minimum Gasteiger partial charge on any atom is -0.478 e. The van der Waals surface area contributed by atoms with Gasteiger partial charge in [0.05, 0.1) is 23.0 Å². The largest absolute Gasteiger partial charge is 0.478 e. The summed E-state index contributed by atoms with van der Waals surface area (Å²) in [5, 5.41) is 14.7. The number of nitrogens with one attached hydrogen (secondary N) is 2. The van der Waals surface area contributed by atoms with Crippen molar-refractivity contribution in [2.24, 2.45) is 0 Å². The highest BCUT2D eigenvalue weighted by molar-refractivity contribution is 6.06. The maximum absolute atomic E-state index is 14.3. The number of ether oxygens (including phenoxy) is 5. The highest BCUT2D eigenvalue weighted by atomic mass is 16.6. The number of aryl methyl sites for hydroxylation is 2. The number of nitrogens with zero attached hydrogens (tertiary/aromatic N) is 4. The van der Waals surface area contributed by atoms with Gasteiger partial charge in [-0.15, -0.1) is 0 Å². The van der Waals surface area contributed by atoms with E-state index in [0.717, 1.165) is 24.0 Å². The Balaban J connectivity index is 0.000000269. The second-order valence-corrected chi connectivity index (χ2v) is 21.2. The number of rotatable bonds is 14. The van der Waals surface area contributed by atoms with Crippen LogP contribution in [-0.2, 0) is 37.0 Å². The summed E-state index contributed by atoms with van der Waals surface area (Å²) in [7, 11) is 0. The topological polar surface area (TPSA) is 223 Å². The fourth-order valence-corrected chi connectivity index (χ4v) is 9.06. The molecular formula is C57H72N6O13. The second-order valence-electron chi connectivity index (χ2n) is 21.2. The Morgan fingerprint density at radius 3 is 1.61 bits per heavy atom. The number of carbonyl (C=O) groups excluding carboxylic acids is 6. The molecule has 4 aromatic carbocycles. The molecular weight excluding hydrogens is 977 g/mol. The van der Waals surface area contributed by atoms with Crippen molar-refractivity contribution in [3.05, 3.63) is 118 Å². The first-order chi connectivity index (χ1) is 35.8. The van der Waals surface area contributed by atoms with Crippen LogP contribution >= 0.6 is 0 Å². The summed E-state index contributed by atoms with van der Waals surface area (Å²) >= 11 is 0. The van der Waals surface area contributed by atoms with E-state index in [2.05, 4.69) is 10.6 Å². The van der Waals surface area contributed by atoms with Gasteiger partial charge >= 0.3 is 24.2 Å². The van der Waals surface area contributed by atoms with Gasteiger partial charge in [0, 0.05) is 50.9 Å². The van der Waals surface area contributed by atoms with Crippen LogP contribution in [0, 0.1) is 13.8 Å². The molecule has 4 aromatic rings. The lowest BCUT2D eigenvalue weighted by Crippen LogP contribution is -2.55. The summed E-state index contributed by atoms with van der Waals surface area (Å²) in [4.78, 5) is 95.9. The highest BCUT2D eigenvalue weighted by Crippen LogP contribution is 2.41. The molecule has 0 radical (unpaired) electrons. The van der Waals surface area contributed by atoms with Crippen molar-refractivity contribution in [1.29, 1.82) is 0 Å². The fraction of sp³-hybridized carbons (Fsp3) is 0.456. The zero-order chi connectivity index (χ0) is 55.7. The predicted molar refractivity (Wildman–Crippen MR) is 285 cm³/mol. The third-order valence-corrected chi connectivity index (χ3v) is 12.8. The molecule has 0 aliphatic carbocycles. The van der Waals surface area contributed by atoms with Crippen LogP contribution in [0.3, 0.4) is 0 Å². The number of fused-ring (bicyclic) bond motifs is 2. The summed E-state index contributed by atoms with van der Waals surface area (Å²) in [5.74, 6) is -0.984. The first kappa shape index (κ1) is 57.4. The van der Waals surface area contributed by atoms with E-state index in [-0.39, 0.29) is 80.9 Å². The van der Waals surface area contributed by atoms with Crippen molar-refractivity contribution in [3.8, 4) is 11.5 Å². The van der Waals surface area contributed by atoms with Gasteiger partial charge in [0.15, 0.2) is 11.2 Å². The first-order valence-electron chi connectivity index (χ1n) is 25.5. The molecule has 1 saturated heterocycles. The Hall–Kier alpha value is -7.83. The first-order valence-corrected chi connectivity index (χ1v) is 25.5. The Bertz CT molecular complexity index is 2780. The number of amides is 6. The van der Waals surface area contributed by atoms with Crippen LogP contribution in [0.15, 0.2) is 84.9 Å². The molecule has 7 rings (SSSR count). The van der Waals surface area contributed by atoms with Gasteiger partial charge in [-0.05, 0) is 136 Å². The number of aromatic carboxylic acids is 1. The Labute approximate surface area is 444 Å². The van der Waals surface area contributed by atoms with Crippen LogP contribution in [0.1, 0.15) is 118 Å². The standard InChI is InChI=1S/C35H48N4O7.C22H24N2O6/c1-23(2)39(26-15-12-17-37(21-26)33(43)46-34(4,5)6)30(40)27-20-28-29(19-24(27)3)45-35(7,8)31(41)38(28)18-16-36-32(42)44-22-25-13-10-9-11-14-25;1-14-11-18-17(12-16(14)19(25)26)24(20(27)22(2,3)30-18)10-9-23-21(28)29-13-15-7-5-4-6-8-15/h9-11,13-14,19-20,23,26H,12,15-18,21-22H2,1-8H3,(H,36,42);4-8,11-12H,9-10,13H2,1-3H3,(H,23,28)(H,25,26)/t26-;/m1./s1. The molecule has 3 heterocycles. The summed E-state index contributed by atoms with van der Waals surface area (Å²) in [6, 6.07) is 24.8. The number of benzene rings is 4. The number of anilines is 2. The number of hydrogen-bond donors (Lipinski definition) is 3. The van der Waals surface area contributed by atoms with Crippen molar-refractivity contribution in [2.45, 2.75) is 131 Å². The summed E-state index contributed by atoms with van der Waals surface area (Å²) in [6.45, 7) is 21.4. The van der Waals surface area contributed by atoms with Crippen molar-refractivity contribution >= 4 is 53.3 Å². The monoisotopic (exact) mass is 1050 g/mol. The van der Waals surface area contributed by atoms with Crippen LogP contribution in [0.2, 0.25) is 0 Å². The molecule has 3 N–H and O–H groups in total. The molecule has 0 spiro atoms. The van der Waals surface area contributed by atoms with E-state index in [1.807, 2.05) is 107 Å². The molecule has 0 bridgehead atoms. The van der Waals surface area contributed by atoms with Crippen molar-refractivity contribution in [1.82, 2.24) is 20.4 Å². The molecule has 19 heteroatoms. The zero-order valence-electron chi connectivity index (χ0n) is 45.4. The van der Waals surface area contributed by atoms with Gasteiger partial charge in [0.2, 0.25) is 0 Å². The molecule has 3 aliphatic rings. The normalized spacial score (nSPS) is 16.4. The lowest BCUT2D eigenvalue weighted by Gasteiger charge is -2.42. The molecule has 76 heavy (non-hydrogen) atoms. The van der Waals surface area contributed by atoms with Gasteiger partial charge in [-0.1, -0.05) is 60.7 Å². The molecule has 6 amide bonds. The van der Waals surface area contributed by atoms with E-state index in [9.17, 15) is 38.7 Å². The van der Waals surface area contributed by atoms with Crippen LogP contribution in [0.5, 0.6) is 11.5 Å². The molecule has 0 aromatic heterocycles. The van der Waals surface area contributed by atoms with Crippen LogP contribution < -0.4 is 29.9 Å². The Morgan fingerprint density at radius 2 is 1.17 bits per heavy atom.